The zero-order valence-corrected chi connectivity index (χ0v) is 23.9. The Kier molecular flexibility index (Phi) is 7.82. The van der Waals surface area contributed by atoms with E-state index in [2.05, 4.69) is 37.8 Å². The summed E-state index contributed by atoms with van der Waals surface area (Å²) in [4.78, 5) is 13.4. The fourth-order valence-electron chi connectivity index (χ4n) is 7.28. The van der Waals surface area contributed by atoms with E-state index in [1.54, 1.807) is 12.1 Å². The number of phenolic OH excluding ortho intramolecular Hbond substituents is 1. The number of aliphatic hydroxyl groups is 1. The van der Waals surface area contributed by atoms with Crippen molar-refractivity contribution in [2.24, 2.45) is 22.1 Å². The van der Waals surface area contributed by atoms with Crippen molar-refractivity contribution in [3.05, 3.63) is 58.4 Å². The van der Waals surface area contributed by atoms with Gasteiger partial charge in [-0.15, -0.1) is 0 Å². The summed E-state index contributed by atoms with van der Waals surface area (Å²) in [5.41, 5.74) is 19.0. The Labute approximate surface area is 242 Å². The Morgan fingerprint density at radius 3 is 2.51 bits per heavy atom. The van der Waals surface area contributed by atoms with Gasteiger partial charge in [0.05, 0.1) is 0 Å². The number of piperidine rings is 1. The third-order valence-corrected chi connectivity index (χ3v) is 9.75. The highest BCUT2D eigenvalue weighted by molar-refractivity contribution is 5.86. The fourth-order valence-corrected chi connectivity index (χ4v) is 7.28. The van der Waals surface area contributed by atoms with Crippen LogP contribution in [-0.2, 0) is 13.0 Å². The van der Waals surface area contributed by atoms with Crippen LogP contribution in [0.3, 0.4) is 0 Å². The van der Waals surface area contributed by atoms with Crippen molar-refractivity contribution >= 4 is 23.8 Å². The van der Waals surface area contributed by atoms with Crippen molar-refractivity contribution in [1.29, 1.82) is 0 Å². The molecule has 1 aromatic carbocycles. The smallest absolute Gasteiger partial charge is 0.176 e. The van der Waals surface area contributed by atoms with Crippen LogP contribution in [0.25, 0.3) is 11.8 Å². The highest BCUT2D eigenvalue weighted by Gasteiger charge is 2.50. The van der Waals surface area contributed by atoms with Crippen LogP contribution in [0.1, 0.15) is 48.1 Å². The number of nitrogens with one attached hydrogen (secondary N) is 3. The molecule has 2 aromatic rings. The second-order valence-corrected chi connectivity index (χ2v) is 12.2. The monoisotopic (exact) mass is 560 g/mol. The molecular formula is C31H44N8O2. The van der Waals surface area contributed by atoms with Crippen LogP contribution in [0.2, 0.25) is 0 Å². The maximum absolute atomic E-state index is 10.2. The number of hydrogen-bond donors (Lipinski definition) is 7. The average Bonchev–Trinajstić information content (AvgIpc) is 3.27. The number of allylic oxidation sites excluding steroid dienone is 1. The molecule has 1 spiro atoms. The molecule has 4 aliphatic heterocycles. The van der Waals surface area contributed by atoms with Crippen LogP contribution in [0.15, 0.2) is 41.0 Å². The second-order valence-electron chi connectivity index (χ2n) is 12.2. The summed E-state index contributed by atoms with van der Waals surface area (Å²) in [6.07, 6.45) is 12.2. The molecule has 0 amide bonds. The number of anilines is 1. The Balaban J connectivity index is 0.00000148. The van der Waals surface area contributed by atoms with E-state index >= 15 is 0 Å². The topological polar surface area (TPSA) is 151 Å². The van der Waals surface area contributed by atoms with Gasteiger partial charge in [-0.2, -0.15) is 0 Å². The lowest BCUT2D eigenvalue weighted by molar-refractivity contribution is -0.0446. The van der Waals surface area contributed by atoms with E-state index in [1.807, 2.05) is 18.2 Å². The van der Waals surface area contributed by atoms with Crippen molar-refractivity contribution in [2.45, 2.75) is 51.0 Å². The Morgan fingerprint density at radius 2 is 1.85 bits per heavy atom. The van der Waals surface area contributed by atoms with Gasteiger partial charge in [0.2, 0.25) is 0 Å². The number of para-hydroxylation sites is 1. The molecule has 1 aromatic heterocycles. The molecule has 5 aliphatic rings. The number of H-pyrrole nitrogens is 1. The number of nitrogens with zero attached hydrogens (tertiary/aromatic N) is 3. The quantitative estimate of drug-likeness (QED) is 0.294. The number of phenols is 1. The lowest BCUT2D eigenvalue weighted by Crippen LogP contribution is -2.65. The van der Waals surface area contributed by atoms with Crippen molar-refractivity contribution < 1.29 is 10.2 Å². The largest absolute Gasteiger partial charge is 0.507 e. The maximum atomic E-state index is 10.2. The van der Waals surface area contributed by atoms with Gasteiger partial charge in [0.25, 0.3) is 0 Å². The lowest BCUT2D eigenvalue weighted by Gasteiger charge is -2.58. The van der Waals surface area contributed by atoms with Gasteiger partial charge in [-0.05, 0) is 79.5 Å². The molecule has 10 nitrogen and oxygen atoms in total. The maximum Gasteiger partial charge on any atom is 0.176 e. The van der Waals surface area contributed by atoms with Crippen LogP contribution in [0, 0.1) is 11.3 Å². The van der Waals surface area contributed by atoms with Crippen molar-refractivity contribution in [3.63, 3.8) is 0 Å². The van der Waals surface area contributed by atoms with Crippen molar-refractivity contribution in [3.8, 4) is 5.75 Å². The van der Waals surface area contributed by atoms with Gasteiger partial charge in [0.15, 0.2) is 6.29 Å². The number of aliphatic imine (C=N–C) groups is 1. The van der Waals surface area contributed by atoms with Crippen LogP contribution in [0.4, 0.5) is 5.82 Å². The minimum Gasteiger partial charge on any atom is -0.507 e. The first-order chi connectivity index (χ1) is 20.0. The van der Waals surface area contributed by atoms with E-state index in [0.29, 0.717) is 28.4 Å². The van der Waals surface area contributed by atoms with E-state index in [0.717, 1.165) is 49.5 Å². The number of aromatic hydroxyl groups is 1. The normalized spacial score (nSPS) is 24.9. The third kappa shape index (κ3) is 5.37. The Hall–Kier alpha value is -3.31. The first-order valence-corrected chi connectivity index (χ1v) is 14.9. The minimum absolute atomic E-state index is 0.0901. The van der Waals surface area contributed by atoms with Gasteiger partial charge in [-0.3, -0.25) is 9.89 Å². The lowest BCUT2D eigenvalue weighted by atomic mass is 9.61. The minimum atomic E-state index is -0.0901. The molecular weight excluding hydrogens is 516 g/mol. The zero-order chi connectivity index (χ0) is 28.6. The molecule has 3 fully saturated rings. The molecule has 0 bridgehead atoms. The summed E-state index contributed by atoms with van der Waals surface area (Å²) in [5.74, 6) is 1.35. The summed E-state index contributed by atoms with van der Waals surface area (Å²) in [6, 6.07) is 7.91. The first kappa shape index (κ1) is 27.8. The number of benzene rings is 1. The highest BCUT2D eigenvalue weighted by Crippen LogP contribution is 2.47. The SMILES string of the molecule is CO.N/C(=C\c1c(N)[nH]c2c1CN(C1N=CC(C3CCN(C4CC5(CNC5)C4)CC3)=CN1)CC2)c1ccccc1O. The number of aliphatic hydroxyl groups excluding tert-OH is 1. The molecule has 7 rings (SSSR count). The molecule has 1 saturated carbocycles. The number of rotatable bonds is 5. The fraction of sp³-hybridized carbons (Fsp3) is 0.516. The average molecular weight is 561 g/mol. The van der Waals surface area contributed by atoms with Gasteiger partial charge >= 0.3 is 0 Å². The van der Waals surface area contributed by atoms with Gasteiger partial charge in [-0.25, -0.2) is 0 Å². The van der Waals surface area contributed by atoms with E-state index in [4.69, 9.17) is 21.6 Å². The van der Waals surface area contributed by atoms with Gasteiger partial charge < -0.3 is 42.2 Å². The Bertz CT molecular complexity index is 1330. The molecule has 1 aliphatic carbocycles. The predicted octanol–water partition coefficient (Wildman–Crippen LogP) is 2.03. The van der Waals surface area contributed by atoms with Crippen LogP contribution < -0.4 is 22.1 Å². The summed E-state index contributed by atoms with van der Waals surface area (Å²) in [5, 5.41) is 24.3. The molecule has 0 radical (unpaired) electrons. The van der Waals surface area contributed by atoms with Gasteiger partial charge in [0.1, 0.15) is 11.6 Å². The number of nitrogen functional groups attached to an aromatic ring is 1. The third-order valence-electron chi connectivity index (χ3n) is 9.75. The summed E-state index contributed by atoms with van der Waals surface area (Å²) < 4.78 is 0. The first-order valence-electron chi connectivity index (χ1n) is 14.9. The molecule has 9 N–H and O–H groups in total. The molecule has 1 atom stereocenters. The van der Waals surface area contributed by atoms with E-state index in [1.165, 1.54) is 57.4 Å². The standard InChI is InChI=1S/C30H40N8O.CH4O/c31-25(22-3-1-2-4-27(22)39)11-23-24-16-38(10-7-26(24)36-28(23)32)29-34-14-20(15-35-29)19-5-8-37(9-6-19)21-12-30(13-21)17-33-18-30;1-2/h1-4,11,14-15,19,21,29,33-34,36,39H,5-10,12-13,16-18,31-32H2;2H,1H3/b25-11-;. The van der Waals surface area contributed by atoms with Gasteiger partial charge in [0, 0.05) is 80.7 Å². The number of aromatic nitrogens is 1. The molecule has 2 saturated heterocycles. The van der Waals surface area contributed by atoms with E-state index in [-0.39, 0.29) is 12.0 Å². The van der Waals surface area contributed by atoms with E-state index < -0.39 is 0 Å². The molecule has 10 heteroatoms. The second kappa shape index (κ2) is 11.5. The highest BCUT2D eigenvalue weighted by atomic mass is 16.3. The molecule has 41 heavy (non-hydrogen) atoms. The number of likely N-dealkylation sites (tertiary alicyclic amines) is 1. The van der Waals surface area contributed by atoms with Crippen molar-refractivity contribution in [2.75, 3.05) is 45.6 Å². The number of fused-ring (bicyclic) bond motifs is 1. The summed E-state index contributed by atoms with van der Waals surface area (Å²) in [7, 11) is 1.00. The molecule has 1 unspecified atom stereocenters. The van der Waals surface area contributed by atoms with Crippen LogP contribution in [0.5, 0.6) is 5.75 Å². The van der Waals surface area contributed by atoms with Crippen molar-refractivity contribution in [1.82, 2.24) is 25.4 Å². The molecule has 5 heterocycles. The predicted molar refractivity (Wildman–Crippen MR) is 164 cm³/mol. The summed E-state index contributed by atoms with van der Waals surface area (Å²) >= 11 is 0. The summed E-state index contributed by atoms with van der Waals surface area (Å²) in [6.45, 7) is 6.49. The number of nitrogens with two attached hydrogens (primary N) is 2. The van der Waals surface area contributed by atoms with E-state index in [9.17, 15) is 5.11 Å². The number of aromatic amines is 1. The molecule has 220 valence electrons. The van der Waals surface area contributed by atoms with Gasteiger partial charge in [-0.1, -0.05) is 12.1 Å². The van der Waals surface area contributed by atoms with Crippen LogP contribution >= 0.6 is 0 Å². The Morgan fingerprint density at radius 1 is 1.10 bits per heavy atom. The van der Waals surface area contributed by atoms with Crippen LogP contribution in [-0.4, -0.2) is 83.4 Å². The zero-order valence-electron chi connectivity index (χ0n) is 23.9. The number of hydrogen-bond acceptors (Lipinski definition) is 9.